The molecule has 1 aromatic rings. The van der Waals surface area contributed by atoms with Gasteiger partial charge in [0.2, 0.25) is 0 Å². The lowest BCUT2D eigenvalue weighted by Gasteiger charge is -2.36. The third kappa shape index (κ3) is 5.36. The summed E-state index contributed by atoms with van der Waals surface area (Å²) in [7, 11) is 0. The van der Waals surface area contributed by atoms with Crippen molar-refractivity contribution in [2.45, 2.75) is 6.92 Å². The summed E-state index contributed by atoms with van der Waals surface area (Å²) >= 11 is 0. The zero-order chi connectivity index (χ0) is 19.8. The first-order chi connectivity index (χ1) is 13.7. The number of rotatable bonds is 6. The Balaban J connectivity index is 1.46. The van der Waals surface area contributed by atoms with E-state index in [2.05, 4.69) is 15.1 Å². The zero-order valence-corrected chi connectivity index (χ0v) is 16.6. The molecule has 28 heavy (non-hydrogen) atoms. The minimum absolute atomic E-state index is 0.0217. The molecule has 0 unspecified atom stereocenters. The standard InChI is InChI=1S/C20H30N4O4/c1-2-28-19(25)17-5-3-4-6-18(17)23-9-11-24(12-10-23)20(26)21-7-8-22-13-15-27-16-14-22/h3-6H,2,7-16H2,1H3,(H,21,26). The fourth-order valence-corrected chi connectivity index (χ4v) is 3.54. The van der Waals surface area contributed by atoms with E-state index < -0.39 is 0 Å². The van der Waals surface area contributed by atoms with E-state index in [1.807, 2.05) is 23.1 Å². The Kier molecular flexibility index (Phi) is 7.50. The second-order valence-corrected chi connectivity index (χ2v) is 6.90. The first kappa shape index (κ1) is 20.4. The summed E-state index contributed by atoms with van der Waals surface area (Å²) in [6.07, 6.45) is 0. The van der Waals surface area contributed by atoms with Gasteiger partial charge in [-0.25, -0.2) is 9.59 Å². The molecular formula is C20H30N4O4. The Morgan fingerprint density at radius 3 is 2.50 bits per heavy atom. The molecule has 2 saturated heterocycles. The van der Waals surface area contributed by atoms with E-state index in [-0.39, 0.29) is 12.0 Å². The first-order valence-corrected chi connectivity index (χ1v) is 10.0. The van der Waals surface area contributed by atoms with Gasteiger partial charge in [0.15, 0.2) is 0 Å². The van der Waals surface area contributed by atoms with Gasteiger partial charge in [-0.3, -0.25) is 4.90 Å². The van der Waals surface area contributed by atoms with E-state index >= 15 is 0 Å². The number of hydrogen-bond donors (Lipinski definition) is 1. The molecule has 0 atom stereocenters. The molecule has 2 aliphatic heterocycles. The minimum atomic E-state index is -0.304. The van der Waals surface area contributed by atoms with Gasteiger partial charge in [-0.05, 0) is 19.1 Å². The number of morpholine rings is 1. The highest BCUT2D eigenvalue weighted by molar-refractivity contribution is 5.96. The lowest BCUT2D eigenvalue weighted by atomic mass is 10.1. The maximum Gasteiger partial charge on any atom is 0.340 e. The second kappa shape index (κ2) is 10.3. The van der Waals surface area contributed by atoms with Gasteiger partial charge in [-0.2, -0.15) is 0 Å². The number of benzene rings is 1. The quantitative estimate of drug-likeness (QED) is 0.732. The van der Waals surface area contributed by atoms with E-state index in [0.717, 1.165) is 38.5 Å². The molecule has 1 N–H and O–H groups in total. The Morgan fingerprint density at radius 2 is 1.79 bits per heavy atom. The highest BCUT2D eigenvalue weighted by atomic mass is 16.5. The molecule has 3 rings (SSSR count). The highest BCUT2D eigenvalue weighted by Crippen LogP contribution is 2.22. The van der Waals surface area contributed by atoms with Crippen LogP contribution in [0.5, 0.6) is 0 Å². The molecule has 8 nitrogen and oxygen atoms in total. The third-order valence-corrected chi connectivity index (χ3v) is 5.11. The van der Waals surface area contributed by atoms with Crippen molar-refractivity contribution >= 4 is 17.7 Å². The van der Waals surface area contributed by atoms with Crippen LogP contribution in [0.15, 0.2) is 24.3 Å². The van der Waals surface area contributed by atoms with Crippen molar-refractivity contribution in [2.75, 3.05) is 77.1 Å². The van der Waals surface area contributed by atoms with Crippen molar-refractivity contribution in [2.24, 2.45) is 0 Å². The maximum atomic E-state index is 12.4. The second-order valence-electron chi connectivity index (χ2n) is 6.90. The number of esters is 1. The topological polar surface area (TPSA) is 74.4 Å². The summed E-state index contributed by atoms with van der Waals surface area (Å²) in [4.78, 5) is 30.9. The summed E-state index contributed by atoms with van der Waals surface area (Å²) in [6, 6.07) is 7.46. The van der Waals surface area contributed by atoms with E-state index in [1.165, 1.54) is 0 Å². The molecular weight excluding hydrogens is 360 g/mol. The van der Waals surface area contributed by atoms with Crippen molar-refractivity contribution in [1.82, 2.24) is 15.1 Å². The fourth-order valence-electron chi connectivity index (χ4n) is 3.54. The van der Waals surface area contributed by atoms with Gasteiger partial charge in [0.25, 0.3) is 0 Å². The third-order valence-electron chi connectivity index (χ3n) is 5.11. The fraction of sp³-hybridized carbons (Fsp3) is 0.600. The molecule has 2 aliphatic rings. The van der Waals surface area contributed by atoms with E-state index in [0.29, 0.717) is 44.9 Å². The lowest BCUT2D eigenvalue weighted by Crippen LogP contribution is -2.53. The smallest absolute Gasteiger partial charge is 0.340 e. The Hall–Kier alpha value is -2.32. The lowest BCUT2D eigenvalue weighted by molar-refractivity contribution is 0.0385. The molecule has 0 radical (unpaired) electrons. The number of ether oxygens (including phenoxy) is 2. The zero-order valence-electron chi connectivity index (χ0n) is 16.6. The van der Waals surface area contributed by atoms with E-state index in [4.69, 9.17) is 9.47 Å². The summed E-state index contributed by atoms with van der Waals surface area (Å²) in [5, 5.41) is 3.01. The van der Waals surface area contributed by atoms with Gasteiger partial charge < -0.3 is 24.6 Å². The summed E-state index contributed by atoms with van der Waals surface area (Å²) in [5.74, 6) is -0.304. The number of nitrogens with zero attached hydrogens (tertiary/aromatic N) is 3. The van der Waals surface area contributed by atoms with Crippen LogP contribution in [0.2, 0.25) is 0 Å². The molecule has 2 amide bonds. The Morgan fingerprint density at radius 1 is 1.07 bits per heavy atom. The average molecular weight is 390 g/mol. The van der Waals surface area contributed by atoms with E-state index in [9.17, 15) is 9.59 Å². The van der Waals surface area contributed by atoms with Crippen LogP contribution in [0.3, 0.4) is 0 Å². The monoisotopic (exact) mass is 390 g/mol. The van der Waals surface area contributed by atoms with Crippen LogP contribution in [0, 0.1) is 0 Å². The van der Waals surface area contributed by atoms with Crippen molar-refractivity contribution in [3.63, 3.8) is 0 Å². The molecule has 1 aromatic carbocycles. The number of nitrogens with one attached hydrogen (secondary N) is 1. The molecule has 154 valence electrons. The van der Waals surface area contributed by atoms with Crippen LogP contribution in [-0.2, 0) is 9.47 Å². The van der Waals surface area contributed by atoms with Gasteiger partial charge >= 0.3 is 12.0 Å². The van der Waals surface area contributed by atoms with Gasteiger partial charge in [0.05, 0.1) is 31.1 Å². The minimum Gasteiger partial charge on any atom is -0.462 e. The highest BCUT2D eigenvalue weighted by Gasteiger charge is 2.24. The van der Waals surface area contributed by atoms with Crippen LogP contribution in [0.4, 0.5) is 10.5 Å². The van der Waals surface area contributed by atoms with Crippen LogP contribution in [0.25, 0.3) is 0 Å². The number of carbonyl (C=O) groups excluding carboxylic acids is 2. The number of carbonyl (C=O) groups is 2. The van der Waals surface area contributed by atoms with Gasteiger partial charge in [-0.15, -0.1) is 0 Å². The molecule has 0 bridgehead atoms. The molecule has 0 aromatic heterocycles. The average Bonchev–Trinajstić information content (AvgIpc) is 2.75. The number of piperazine rings is 1. The summed E-state index contributed by atoms with van der Waals surface area (Å²) in [6.45, 7) is 9.66. The van der Waals surface area contributed by atoms with Crippen LogP contribution >= 0.6 is 0 Å². The van der Waals surface area contributed by atoms with Crippen molar-refractivity contribution in [1.29, 1.82) is 0 Å². The van der Waals surface area contributed by atoms with Crippen LogP contribution in [-0.4, -0.2) is 94.0 Å². The van der Waals surface area contributed by atoms with Crippen LogP contribution < -0.4 is 10.2 Å². The molecule has 0 spiro atoms. The molecule has 0 saturated carbocycles. The number of amides is 2. The van der Waals surface area contributed by atoms with Gasteiger partial charge in [0.1, 0.15) is 0 Å². The predicted molar refractivity (Wildman–Crippen MR) is 107 cm³/mol. The summed E-state index contributed by atoms with van der Waals surface area (Å²) in [5.41, 5.74) is 1.45. The van der Waals surface area contributed by atoms with Crippen molar-refractivity contribution in [3.8, 4) is 0 Å². The largest absolute Gasteiger partial charge is 0.462 e. The van der Waals surface area contributed by atoms with Gasteiger partial charge in [-0.1, -0.05) is 12.1 Å². The molecule has 2 heterocycles. The predicted octanol–water partition coefficient (Wildman–Crippen LogP) is 1.03. The normalized spacial score (nSPS) is 18.0. The van der Waals surface area contributed by atoms with Crippen molar-refractivity contribution < 1.29 is 19.1 Å². The van der Waals surface area contributed by atoms with Crippen LogP contribution in [0.1, 0.15) is 17.3 Å². The SMILES string of the molecule is CCOC(=O)c1ccccc1N1CCN(C(=O)NCCN2CCOCC2)CC1. The maximum absolute atomic E-state index is 12.4. The molecule has 0 aliphatic carbocycles. The summed E-state index contributed by atoms with van der Waals surface area (Å²) < 4.78 is 10.5. The number of hydrogen-bond acceptors (Lipinski definition) is 6. The number of para-hydroxylation sites is 1. The Labute approximate surface area is 166 Å². The Bertz CT molecular complexity index is 655. The first-order valence-electron chi connectivity index (χ1n) is 10.0. The van der Waals surface area contributed by atoms with E-state index in [1.54, 1.807) is 13.0 Å². The molecule has 8 heteroatoms. The van der Waals surface area contributed by atoms with Gasteiger partial charge in [0, 0.05) is 52.4 Å². The van der Waals surface area contributed by atoms with Crippen molar-refractivity contribution in [3.05, 3.63) is 29.8 Å². The number of urea groups is 1. The number of anilines is 1. The molecule has 2 fully saturated rings.